The van der Waals surface area contributed by atoms with E-state index in [2.05, 4.69) is 9.71 Å². The molecule has 0 saturated heterocycles. The van der Waals surface area contributed by atoms with Crippen molar-refractivity contribution >= 4 is 39.0 Å². The van der Waals surface area contributed by atoms with Gasteiger partial charge in [-0.2, -0.15) is 0 Å². The molecule has 0 fully saturated rings. The van der Waals surface area contributed by atoms with Gasteiger partial charge in [0, 0.05) is 11.1 Å². The molecule has 0 aliphatic carbocycles. The summed E-state index contributed by atoms with van der Waals surface area (Å²) in [5, 5.41) is 0.565. The number of pyridine rings is 1. The Labute approximate surface area is 126 Å². The summed E-state index contributed by atoms with van der Waals surface area (Å²) in [5.41, 5.74) is 0. The highest BCUT2D eigenvalue weighted by Gasteiger charge is 2.20. The second-order valence-corrected chi connectivity index (χ2v) is 6.22. The highest BCUT2D eigenvalue weighted by molar-refractivity contribution is 7.92. The van der Waals surface area contributed by atoms with E-state index in [1.54, 1.807) is 12.1 Å². The van der Waals surface area contributed by atoms with Crippen molar-refractivity contribution in [3.63, 3.8) is 0 Å². The van der Waals surface area contributed by atoms with Crippen molar-refractivity contribution in [1.29, 1.82) is 0 Å². The third-order valence-electron chi connectivity index (χ3n) is 2.37. The maximum atomic E-state index is 12.3. The van der Waals surface area contributed by atoms with E-state index in [0.717, 1.165) is 0 Å². The lowest BCUT2D eigenvalue weighted by molar-refractivity contribution is 0.403. The zero-order chi connectivity index (χ0) is 14.8. The van der Waals surface area contributed by atoms with Crippen LogP contribution in [0.25, 0.3) is 0 Å². The standard InChI is InChI=1S/C12H10Cl2N2O3S/c1-19-9-7-8(13)5-6-10(9)20(17,18)16-12-4-2-3-11(14)15-12/h2-7H,1H3,(H,15,16). The molecule has 0 aliphatic heterocycles. The minimum atomic E-state index is -3.84. The van der Waals surface area contributed by atoms with Gasteiger partial charge in [-0.05, 0) is 24.3 Å². The summed E-state index contributed by atoms with van der Waals surface area (Å²) >= 11 is 11.5. The molecule has 20 heavy (non-hydrogen) atoms. The molecule has 0 aliphatic rings. The van der Waals surface area contributed by atoms with Crippen molar-refractivity contribution in [2.45, 2.75) is 4.90 Å². The van der Waals surface area contributed by atoms with Crippen LogP contribution in [0.1, 0.15) is 0 Å². The number of benzene rings is 1. The van der Waals surface area contributed by atoms with Crippen molar-refractivity contribution in [2.75, 3.05) is 11.8 Å². The van der Waals surface area contributed by atoms with E-state index < -0.39 is 10.0 Å². The Bertz CT molecular complexity index is 735. The maximum absolute atomic E-state index is 12.3. The van der Waals surface area contributed by atoms with Gasteiger partial charge in [0.05, 0.1) is 7.11 Å². The molecular formula is C12H10Cl2N2O3S. The molecule has 8 heteroatoms. The first-order valence-corrected chi connectivity index (χ1v) is 7.65. The predicted molar refractivity (Wildman–Crippen MR) is 78.1 cm³/mol. The molecule has 0 saturated carbocycles. The molecule has 0 unspecified atom stereocenters. The highest BCUT2D eigenvalue weighted by atomic mass is 35.5. The number of nitrogens with one attached hydrogen (secondary N) is 1. The molecule has 0 amide bonds. The first-order chi connectivity index (χ1) is 9.42. The Morgan fingerprint density at radius 3 is 2.60 bits per heavy atom. The molecule has 1 heterocycles. The van der Waals surface area contributed by atoms with Crippen LogP contribution in [0.5, 0.6) is 5.75 Å². The Balaban J connectivity index is 2.40. The van der Waals surface area contributed by atoms with Gasteiger partial charge in [0.15, 0.2) is 0 Å². The van der Waals surface area contributed by atoms with E-state index in [4.69, 9.17) is 27.9 Å². The van der Waals surface area contributed by atoms with Crippen LogP contribution >= 0.6 is 23.2 Å². The van der Waals surface area contributed by atoms with Gasteiger partial charge in [0.25, 0.3) is 10.0 Å². The average molecular weight is 333 g/mol. The Morgan fingerprint density at radius 2 is 1.95 bits per heavy atom. The fourth-order valence-corrected chi connectivity index (χ4v) is 3.00. The van der Waals surface area contributed by atoms with Crippen LogP contribution in [0.3, 0.4) is 0 Å². The number of aromatic nitrogens is 1. The number of sulfonamides is 1. The van der Waals surface area contributed by atoms with Crippen molar-refractivity contribution in [1.82, 2.24) is 4.98 Å². The molecule has 2 rings (SSSR count). The summed E-state index contributed by atoms with van der Waals surface area (Å²) in [6, 6.07) is 8.86. The number of anilines is 1. The van der Waals surface area contributed by atoms with Crippen LogP contribution in [0, 0.1) is 0 Å². The number of methoxy groups -OCH3 is 1. The van der Waals surface area contributed by atoms with E-state index in [1.165, 1.54) is 31.4 Å². The highest BCUT2D eigenvalue weighted by Crippen LogP contribution is 2.28. The minimum absolute atomic E-state index is 0.0359. The summed E-state index contributed by atoms with van der Waals surface area (Å²) in [4.78, 5) is 3.83. The van der Waals surface area contributed by atoms with Crippen LogP contribution in [0.15, 0.2) is 41.3 Å². The lowest BCUT2D eigenvalue weighted by atomic mass is 10.3. The summed E-state index contributed by atoms with van der Waals surface area (Å²) in [5.74, 6) is 0.265. The lowest BCUT2D eigenvalue weighted by Crippen LogP contribution is -2.15. The largest absolute Gasteiger partial charge is 0.495 e. The van der Waals surface area contributed by atoms with Crippen LogP contribution in [0.2, 0.25) is 10.2 Å². The third kappa shape index (κ3) is 3.33. The average Bonchev–Trinajstić information content (AvgIpc) is 2.37. The molecule has 5 nitrogen and oxygen atoms in total. The Hall–Kier alpha value is -1.50. The zero-order valence-corrected chi connectivity index (χ0v) is 12.6. The number of ether oxygens (including phenoxy) is 1. The molecule has 1 aromatic heterocycles. The van der Waals surface area contributed by atoms with E-state index in [-0.39, 0.29) is 21.6 Å². The molecule has 1 aromatic carbocycles. The van der Waals surface area contributed by atoms with Gasteiger partial charge in [-0.3, -0.25) is 4.72 Å². The van der Waals surface area contributed by atoms with Gasteiger partial charge in [0.2, 0.25) is 0 Å². The summed E-state index contributed by atoms with van der Waals surface area (Å²) in [6.07, 6.45) is 0. The van der Waals surface area contributed by atoms with Crippen molar-refractivity contribution < 1.29 is 13.2 Å². The second kappa shape index (κ2) is 5.87. The monoisotopic (exact) mass is 332 g/mol. The molecule has 1 N–H and O–H groups in total. The van der Waals surface area contributed by atoms with Gasteiger partial charge in [0.1, 0.15) is 21.6 Å². The van der Waals surface area contributed by atoms with Gasteiger partial charge >= 0.3 is 0 Å². The summed E-state index contributed by atoms with van der Waals surface area (Å²) < 4.78 is 31.9. The van der Waals surface area contributed by atoms with Gasteiger partial charge in [-0.25, -0.2) is 13.4 Å². The number of halogens is 2. The maximum Gasteiger partial charge on any atom is 0.266 e. The van der Waals surface area contributed by atoms with Crippen LogP contribution in [-0.2, 0) is 10.0 Å². The quantitative estimate of drug-likeness (QED) is 0.873. The summed E-state index contributed by atoms with van der Waals surface area (Å²) in [6.45, 7) is 0. The zero-order valence-electron chi connectivity index (χ0n) is 10.3. The van der Waals surface area contributed by atoms with E-state index in [0.29, 0.717) is 5.02 Å². The molecule has 0 spiro atoms. The molecule has 0 radical (unpaired) electrons. The topological polar surface area (TPSA) is 68.3 Å². The molecule has 0 atom stereocenters. The normalized spacial score (nSPS) is 11.2. The van der Waals surface area contributed by atoms with Gasteiger partial charge in [-0.15, -0.1) is 0 Å². The Morgan fingerprint density at radius 1 is 1.20 bits per heavy atom. The predicted octanol–water partition coefficient (Wildman–Crippen LogP) is 3.20. The van der Waals surface area contributed by atoms with E-state index >= 15 is 0 Å². The van der Waals surface area contributed by atoms with Crippen LogP contribution in [-0.4, -0.2) is 20.5 Å². The number of hydrogen-bond acceptors (Lipinski definition) is 4. The van der Waals surface area contributed by atoms with Crippen molar-refractivity contribution in [2.24, 2.45) is 0 Å². The Kier molecular flexibility index (Phi) is 4.37. The molecule has 0 bridgehead atoms. The van der Waals surface area contributed by atoms with Crippen LogP contribution in [0.4, 0.5) is 5.82 Å². The van der Waals surface area contributed by atoms with Gasteiger partial charge < -0.3 is 4.74 Å². The van der Waals surface area contributed by atoms with E-state index in [9.17, 15) is 8.42 Å². The van der Waals surface area contributed by atoms with Crippen LogP contribution < -0.4 is 9.46 Å². The summed E-state index contributed by atoms with van der Waals surface area (Å²) in [7, 11) is -2.48. The smallest absolute Gasteiger partial charge is 0.266 e. The van der Waals surface area contributed by atoms with Gasteiger partial charge in [-0.1, -0.05) is 29.3 Å². The number of nitrogens with zero attached hydrogens (tertiary/aromatic N) is 1. The van der Waals surface area contributed by atoms with E-state index in [1.807, 2.05) is 0 Å². The number of hydrogen-bond donors (Lipinski definition) is 1. The molecule has 106 valence electrons. The third-order valence-corrected chi connectivity index (χ3v) is 4.21. The fourth-order valence-electron chi connectivity index (χ4n) is 1.52. The fraction of sp³-hybridized carbons (Fsp3) is 0.0833. The minimum Gasteiger partial charge on any atom is -0.495 e. The molecule has 2 aromatic rings. The number of rotatable bonds is 4. The SMILES string of the molecule is COc1cc(Cl)ccc1S(=O)(=O)Nc1cccc(Cl)n1. The van der Waals surface area contributed by atoms with Crippen molar-refractivity contribution in [3.8, 4) is 5.75 Å². The lowest BCUT2D eigenvalue weighted by Gasteiger charge is -2.11. The first-order valence-electron chi connectivity index (χ1n) is 5.41. The van der Waals surface area contributed by atoms with Crippen molar-refractivity contribution in [3.05, 3.63) is 46.6 Å². The first kappa shape index (κ1) is 14.9. The second-order valence-electron chi connectivity index (χ2n) is 3.75. The molecular weight excluding hydrogens is 323 g/mol.